The molecule has 1 aromatic heterocycles. The van der Waals surface area contributed by atoms with E-state index in [0.29, 0.717) is 38.5 Å². The molecule has 0 unspecified atom stereocenters. The number of hydrogen-bond donors (Lipinski definition) is 3. The van der Waals surface area contributed by atoms with Gasteiger partial charge in [0.05, 0.1) is 6.61 Å². The molecule has 0 aliphatic carbocycles. The highest BCUT2D eigenvalue weighted by molar-refractivity contribution is 5.76. The van der Waals surface area contributed by atoms with Crippen LogP contribution in [-0.2, 0) is 4.79 Å². The Morgan fingerprint density at radius 1 is 1.40 bits per heavy atom. The summed E-state index contributed by atoms with van der Waals surface area (Å²) in [4.78, 5) is 25.5. The van der Waals surface area contributed by atoms with Gasteiger partial charge in [-0.3, -0.25) is 10.2 Å². The Hall–Kier alpha value is -2.16. The van der Waals surface area contributed by atoms with Crippen LogP contribution in [0.3, 0.4) is 0 Å². The maximum atomic E-state index is 11.2. The molecule has 0 bridgehead atoms. The fraction of sp³-hybridized carbons (Fsp3) is 0.636. The summed E-state index contributed by atoms with van der Waals surface area (Å²) in [6.07, 6.45) is 1.38. The molecule has 0 aromatic carbocycles. The summed E-state index contributed by atoms with van der Waals surface area (Å²) in [5.74, 6) is 5.74. The fourth-order valence-corrected chi connectivity index (χ4v) is 2.11. The molecule has 1 saturated heterocycles. The van der Waals surface area contributed by atoms with E-state index in [-0.39, 0.29) is 23.8 Å². The first-order chi connectivity index (χ1) is 9.63. The summed E-state index contributed by atoms with van der Waals surface area (Å²) in [5, 5.41) is 0. The van der Waals surface area contributed by atoms with E-state index in [2.05, 4.69) is 20.4 Å². The Balaban J connectivity index is 2.12. The van der Waals surface area contributed by atoms with Crippen molar-refractivity contribution in [3.05, 3.63) is 0 Å². The standard InChI is InChI=1S/C11H19N7O2/c1-2-20-11-15-9(17-13)14-10(16-11)18-5-3-7(4-6-18)8(12)19/h7H,2-6,13H2,1H3,(H2,12,19)(H,14,15,16,17). The van der Waals surface area contributed by atoms with E-state index in [1.807, 2.05) is 11.8 Å². The summed E-state index contributed by atoms with van der Waals surface area (Å²) in [6.45, 7) is 3.62. The van der Waals surface area contributed by atoms with Crippen molar-refractivity contribution in [2.75, 3.05) is 30.0 Å². The molecule has 20 heavy (non-hydrogen) atoms. The smallest absolute Gasteiger partial charge is 0.323 e. The van der Waals surface area contributed by atoms with Crippen molar-refractivity contribution in [3.8, 4) is 6.01 Å². The number of nitrogens with zero attached hydrogens (tertiary/aromatic N) is 4. The SMILES string of the molecule is CCOc1nc(NN)nc(N2CCC(C(N)=O)CC2)n1. The number of piperidine rings is 1. The maximum Gasteiger partial charge on any atom is 0.323 e. The largest absolute Gasteiger partial charge is 0.464 e. The first-order valence-corrected chi connectivity index (χ1v) is 6.53. The Bertz CT molecular complexity index is 474. The minimum Gasteiger partial charge on any atom is -0.464 e. The second kappa shape index (κ2) is 6.33. The molecule has 0 atom stereocenters. The highest BCUT2D eigenvalue weighted by Crippen LogP contribution is 2.22. The number of rotatable bonds is 5. The van der Waals surface area contributed by atoms with Gasteiger partial charge in [0.15, 0.2) is 0 Å². The molecule has 9 nitrogen and oxygen atoms in total. The molecule has 1 aromatic rings. The Morgan fingerprint density at radius 2 is 2.10 bits per heavy atom. The van der Waals surface area contributed by atoms with Crippen molar-refractivity contribution in [2.45, 2.75) is 19.8 Å². The van der Waals surface area contributed by atoms with Crippen LogP contribution in [0.15, 0.2) is 0 Å². The molecule has 2 heterocycles. The zero-order valence-electron chi connectivity index (χ0n) is 11.4. The van der Waals surface area contributed by atoms with Crippen molar-refractivity contribution in [1.82, 2.24) is 15.0 Å². The van der Waals surface area contributed by atoms with E-state index in [9.17, 15) is 4.79 Å². The molecule has 0 radical (unpaired) electrons. The summed E-state index contributed by atoms with van der Waals surface area (Å²) in [5.41, 5.74) is 7.70. The van der Waals surface area contributed by atoms with Crippen molar-refractivity contribution in [3.63, 3.8) is 0 Å². The molecular weight excluding hydrogens is 262 g/mol. The average molecular weight is 281 g/mol. The lowest BCUT2D eigenvalue weighted by molar-refractivity contribution is -0.122. The highest BCUT2D eigenvalue weighted by Gasteiger charge is 2.25. The van der Waals surface area contributed by atoms with E-state index >= 15 is 0 Å². The van der Waals surface area contributed by atoms with Gasteiger partial charge in [-0.1, -0.05) is 0 Å². The average Bonchev–Trinajstić information content (AvgIpc) is 2.47. The molecule has 1 aliphatic heterocycles. The van der Waals surface area contributed by atoms with Gasteiger partial charge in [-0.15, -0.1) is 0 Å². The molecule has 1 fully saturated rings. The quantitative estimate of drug-likeness (QED) is 0.474. The third kappa shape index (κ3) is 3.23. The van der Waals surface area contributed by atoms with Gasteiger partial charge < -0.3 is 15.4 Å². The van der Waals surface area contributed by atoms with Crippen LogP contribution in [0.1, 0.15) is 19.8 Å². The molecule has 2 rings (SSSR count). The van der Waals surface area contributed by atoms with Gasteiger partial charge in [0, 0.05) is 19.0 Å². The maximum absolute atomic E-state index is 11.2. The van der Waals surface area contributed by atoms with Crippen molar-refractivity contribution >= 4 is 17.8 Å². The Labute approximate surface area is 116 Å². The monoisotopic (exact) mass is 281 g/mol. The summed E-state index contributed by atoms with van der Waals surface area (Å²) in [6, 6.07) is 0.225. The number of hydrazine groups is 1. The predicted octanol–water partition coefficient (Wildman–Crippen LogP) is -0.742. The number of hydrogen-bond acceptors (Lipinski definition) is 8. The lowest BCUT2D eigenvalue weighted by Crippen LogP contribution is -2.39. The number of carbonyl (C=O) groups is 1. The number of primary amides is 1. The van der Waals surface area contributed by atoms with Crippen LogP contribution < -0.4 is 26.6 Å². The third-order valence-corrected chi connectivity index (χ3v) is 3.19. The van der Waals surface area contributed by atoms with Crippen molar-refractivity contribution < 1.29 is 9.53 Å². The number of carbonyl (C=O) groups excluding carboxylic acids is 1. The van der Waals surface area contributed by atoms with Gasteiger partial charge >= 0.3 is 6.01 Å². The van der Waals surface area contributed by atoms with Crippen LogP contribution in [0.5, 0.6) is 6.01 Å². The molecular formula is C11H19N7O2. The number of ether oxygens (including phenoxy) is 1. The van der Waals surface area contributed by atoms with E-state index in [1.54, 1.807) is 0 Å². The fourth-order valence-electron chi connectivity index (χ4n) is 2.11. The lowest BCUT2D eigenvalue weighted by Gasteiger charge is -2.30. The van der Waals surface area contributed by atoms with E-state index in [1.165, 1.54) is 0 Å². The Kier molecular flexibility index (Phi) is 4.51. The van der Waals surface area contributed by atoms with Gasteiger partial charge in [-0.2, -0.15) is 15.0 Å². The number of aromatic nitrogens is 3. The summed E-state index contributed by atoms with van der Waals surface area (Å²) < 4.78 is 5.28. The molecule has 0 saturated carbocycles. The minimum atomic E-state index is -0.250. The lowest BCUT2D eigenvalue weighted by atomic mass is 9.96. The second-order valence-electron chi connectivity index (χ2n) is 4.48. The van der Waals surface area contributed by atoms with E-state index < -0.39 is 0 Å². The number of nitrogen functional groups attached to an aromatic ring is 1. The van der Waals surface area contributed by atoms with Crippen LogP contribution in [0, 0.1) is 5.92 Å². The van der Waals surface area contributed by atoms with Gasteiger partial charge in [-0.05, 0) is 19.8 Å². The molecule has 1 amide bonds. The molecule has 110 valence electrons. The van der Waals surface area contributed by atoms with Crippen LogP contribution >= 0.6 is 0 Å². The number of anilines is 2. The van der Waals surface area contributed by atoms with Gasteiger partial charge in [0.1, 0.15) is 0 Å². The highest BCUT2D eigenvalue weighted by atomic mass is 16.5. The van der Waals surface area contributed by atoms with Crippen molar-refractivity contribution in [2.24, 2.45) is 17.5 Å². The number of amides is 1. The zero-order chi connectivity index (χ0) is 14.5. The predicted molar refractivity (Wildman–Crippen MR) is 72.9 cm³/mol. The van der Waals surface area contributed by atoms with Crippen LogP contribution in [0.4, 0.5) is 11.9 Å². The van der Waals surface area contributed by atoms with E-state index in [4.69, 9.17) is 16.3 Å². The minimum absolute atomic E-state index is 0.0773. The third-order valence-electron chi connectivity index (χ3n) is 3.19. The van der Waals surface area contributed by atoms with Crippen molar-refractivity contribution in [1.29, 1.82) is 0 Å². The summed E-state index contributed by atoms with van der Waals surface area (Å²) >= 11 is 0. The van der Waals surface area contributed by atoms with Crippen LogP contribution in [-0.4, -0.2) is 40.6 Å². The first kappa shape index (κ1) is 14.3. The zero-order valence-corrected chi connectivity index (χ0v) is 11.4. The molecule has 5 N–H and O–H groups in total. The van der Waals surface area contributed by atoms with E-state index in [0.717, 1.165) is 0 Å². The first-order valence-electron chi connectivity index (χ1n) is 6.53. The number of nitrogens with one attached hydrogen (secondary N) is 1. The number of nitrogens with two attached hydrogens (primary N) is 2. The van der Waals surface area contributed by atoms with Crippen LogP contribution in [0.2, 0.25) is 0 Å². The molecule has 9 heteroatoms. The van der Waals surface area contributed by atoms with Gasteiger partial charge in [0.25, 0.3) is 0 Å². The van der Waals surface area contributed by atoms with Gasteiger partial charge in [0.2, 0.25) is 17.8 Å². The molecule has 0 spiro atoms. The van der Waals surface area contributed by atoms with Crippen LogP contribution in [0.25, 0.3) is 0 Å². The molecule has 1 aliphatic rings. The topological polar surface area (TPSA) is 132 Å². The van der Waals surface area contributed by atoms with Gasteiger partial charge in [-0.25, -0.2) is 5.84 Å². The normalized spacial score (nSPS) is 16.0. The Morgan fingerprint density at radius 3 is 2.65 bits per heavy atom. The second-order valence-corrected chi connectivity index (χ2v) is 4.48. The summed E-state index contributed by atoms with van der Waals surface area (Å²) in [7, 11) is 0.